The lowest BCUT2D eigenvalue weighted by Crippen LogP contribution is -2.27. The van der Waals surface area contributed by atoms with Crippen molar-refractivity contribution in [3.05, 3.63) is 65.7 Å². The molecule has 0 saturated heterocycles. The van der Waals surface area contributed by atoms with Crippen molar-refractivity contribution in [3.63, 3.8) is 0 Å². The molecule has 2 aromatic rings. The van der Waals surface area contributed by atoms with E-state index in [0.29, 0.717) is 6.61 Å². The number of carbonyl (C=O) groups is 1. The molecule has 122 valence electrons. The van der Waals surface area contributed by atoms with Crippen LogP contribution in [0.15, 0.2) is 54.6 Å². The van der Waals surface area contributed by atoms with Gasteiger partial charge in [0.05, 0.1) is 6.61 Å². The number of nitrogens with one attached hydrogen (secondary N) is 1. The average molecular weight is 312 g/mol. The van der Waals surface area contributed by atoms with Crippen LogP contribution in [-0.2, 0) is 22.7 Å². The van der Waals surface area contributed by atoms with Crippen LogP contribution in [0.3, 0.4) is 0 Å². The first kappa shape index (κ1) is 17.2. The Labute approximate surface area is 138 Å². The van der Waals surface area contributed by atoms with Gasteiger partial charge in [0.1, 0.15) is 6.10 Å². The third-order valence-electron chi connectivity index (χ3n) is 3.43. The maximum absolute atomic E-state index is 12.2. The Bertz CT molecular complexity index is 609. The van der Waals surface area contributed by atoms with Gasteiger partial charge in [0.25, 0.3) is 5.91 Å². The summed E-state index contributed by atoms with van der Waals surface area (Å²) in [5.74, 6) is -0.138. The summed E-state index contributed by atoms with van der Waals surface area (Å²) in [4.78, 5) is 14.3. The molecule has 2 aromatic carbocycles. The lowest BCUT2D eigenvalue weighted by Gasteiger charge is -2.14. The van der Waals surface area contributed by atoms with E-state index in [9.17, 15) is 4.79 Å². The van der Waals surface area contributed by atoms with Crippen LogP contribution in [0.1, 0.15) is 18.1 Å². The highest BCUT2D eigenvalue weighted by molar-refractivity contribution is 5.93. The Balaban J connectivity index is 1.83. The fourth-order valence-electron chi connectivity index (χ4n) is 2.17. The number of nitrogens with zero attached hydrogens (tertiary/aromatic N) is 1. The van der Waals surface area contributed by atoms with E-state index in [1.807, 2.05) is 68.7 Å². The van der Waals surface area contributed by atoms with Gasteiger partial charge in [-0.2, -0.15) is 0 Å². The molecule has 0 heterocycles. The van der Waals surface area contributed by atoms with Crippen molar-refractivity contribution in [3.8, 4) is 0 Å². The summed E-state index contributed by atoms with van der Waals surface area (Å²) in [6.45, 7) is 3.07. The second kappa shape index (κ2) is 8.46. The maximum Gasteiger partial charge on any atom is 0.253 e. The molecule has 0 spiro atoms. The number of carbonyl (C=O) groups excluding carboxylic acids is 1. The Kier molecular flexibility index (Phi) is 6.32. The molecule has 23 heavy (non-hydrogen) atoms. The molecule has 0 aliphatic rings. The molecule has 0 aliphatic carbocycles. The van der Waals surface area contributed by atoms with Crippen LogP contribution >= 0.6 is 0 Å². The Morgan fingerprint density at radius 2 is 1.70 bits per heavy atom. The summed E-state index contributed by atoms with van der Waals surface area (Å²) in [6, 6.07) is 17.7. The molecule has 4 nitrogen and oxygen atoms in total. The van der Waals surface area contributed by atoms with Crippen LogP contribution in [-0.4, -0.2) is 31.0 Å². The van der Waals surface area contributed by atoms with Gasteiger partial charge in [-0.25, -0.2) is 0 Å². The highest BCUT2D eigenvalue weighted by Gasteiger charge is 2.13. The molecule has 1 N–H and O–H groups in total. The van der Waals surface area contributed by atoms with Gasteiger partial charge in [0, 0.05) is 12.2 Å². The smallest absolute Gasteiger partial charge is 0.253 e. The van der Waals surface area contributed by atoms with Gasteiger partial charge in [0.15, 0.2) is 0 Å². The van der Waals surface area contributed by atoms with E-state index < -0.39 is 6.10 Å². The van der Waals surface area contributed by atoms with Gasteiger partial charge in [-0.1, -0.05) is 42.5 Å². The van der Waals surface area contributed by atoms with E-state index in [1.165, 1.54) is 5.56 Å². The first-order valence-corrected chi connectivity index (χ1v) is 7.74. The minimum absolute atomic E-state index is 0.138. The topological polar surface area (TPSA) is 41.6 Å². The summed E-state index contributed by atoms with van der Waals surface area (Å²) < 4.78 is 5.62. The van der Waals surface area contributed by atoms with E-state index in [0.717, 1.165) is 17.8 Å². The van der Waals surface area contributed by atoms with Gasteiger partial charge >= 0.3 is 0 Å². The Hall–Kier alpha value is -2.17. The molecule has 0 radical (unpaired) electrons. The zero-order valence-corrected chi connectivity index (χ0v) is 14.0. The van der Waals surface area contributed by atoms with Crippen LogP contribution in [0, 0.1) is 0 Å². The quantitative estimate of drug-likeness (QED) is 0.853. The van der Waals surface area contributed by atoms with Crippen molar-refractivity contribution in [1.82, 2.24) is 4.90 Å². The monoisotopic (exact) mass is 312 g/mol. The zero-order valence-electron chi connectivity index (χ0n) is 14.0. The van der Waals surface area contributed by atoms with Crippen LogP contribution in [0.25, 0.3) is 0 Å². The molecule has 0 aromatic heterocycles. The maximum atomic E-state index is 12.2. The van der Waals surface area contributed by atoms with Crippen molar-refractivity contribution in [1.29, 1.82) is 0 Å². The number of benzene rings is 2. The first-order chi connectivity index (χ1) is 11.0. The van der Waals surface area contributed by atoms with E-state index in [1.54, 1.807) is 6.92 Å². The Morgan fingerprint density at radius 3 is 2.30 bits per heavy atom. The van der Waals surface area contributed by atoms with Gasteiger partial charge in [-0.05, 0) is 44.3 Å². The molecule has 1 amide bonds. The predicted octanol–water partition coefficient (Wildman–Crippen LogP) is 3.29. The van der Waals surface area contributed by atoms with E-state index in [-0.39, 0.29) is 5.91 Å². The number of ether oxygens (including phenoxy) is 1. The molecule has 0 fully saturated rings. The zero-order chi connectivity index (χ0) is 16.7. The normalized spacial score (nSPS) is 12.2. The van der Waals surface area contributed by atoms with Crippen molar-refractivity contribution in [2.75, 3.05) is 19.4 Å². The largest absolute Gasteiger partial charge is 0.364 e. The van der Waals surface area contributed by atoms with Gasteiger partial charge in [-0.15, -0.1) is 0 Å². The highest BCUT2D eigenvalue weighted by atomic mass is 16.5. The molecule has 0 saturated carbocycles. The minimum atomic E-state index is -0.503. The summed E-state index contributed by atoms with van der Waals surface area (Å²) in [6.07, 6.45) is -0.503. The Morgan fingerprint density at radius 1 is 1.04 bits per heavy atom. The molecule has 0 bridgehead atoms. The van der Waals surface area contributed by atoms with Crippen molar-refractivity contribution < 1.29 is 9.53 Å². The van der Waals surface area contributed by atoms with Crippen molar-refractivity contribution in [2.45, 2.75) is 26.2 Å². The minimum Gasteiger partial charge on any atom is -0.364 e. The summed E-state index contributed by atoms with van der Waals surface area (Å²) >= 11 is 0. The average Bonchev–Trinajstić information content (AvgIpc) is 2.55. The molecule has 4 heteroatoms. The lowest BCUT2D eigenvalue weighted by atomic mass is 10.2. The van der Waals surface area contributed by atoms with Crippen LogP contribution in [0.2, 0.25) is 0 Å². The van der Waals surface area contributed by atoms with Crippen LogP contribution in [0.4, 0.5) is 5.69 Å². The van der Waals surface area contributed by atoms with E-state index >= 15 is 0 Å². The van der Waals surface area contributed by atoms with Gasteiger partial charge in [0.2, 0.25) is 0 Å². The molecule has 0 unspecified atom stereocenters. The highest BCUT2D eigenvalue weighted by Crippen LogP contribution is 2.12. The van der Waals surface area contributed by atoms with Crippen LogP contribution < -0.4 is 5.32 Å². The van der Waals surface area contributed by atoms with Gasteiger partial charge in [-0.3, -0.25) is 4.79 Å². The third-order valence-corrected chi connectivity index (χ3v) is 3.43. The van der Waals surface area contributed by atoms with Gasteiger partial charge < -0.3 is 15.0 Å². The van der Waals surface area contributed by atoms with Crippen molar-refractivity contribution in [2.24, 2.45) is 0 Å². The second-order valence-electron chi connectivity index (χ2n) is 5.86. The summed E-state index contributed by atoms with van der Waals surface area (Å²) in [5, 5.41) is 2.88. The summed E-state index contributed by atoms with van der Waals surface area (Å²) in [5.41, 5.74) is 3.05. The van der Waals surface area contributed by atoms with E-state index in [2.05, 4.69) is 10.2 Å². The second-order valence-corrected chi connectivity index (χ2v) is 5.86. The molecule has 1 atom stereocenters. The predicted molar refractivity (Wildman–Crippen MR) is 93.2 cm³/mol. The fraction of sp³-hybridized carbons (Fsp3) is 0.316. The standard InChI is InChI=1S/C19H24N2O2/c1-15(23-14-17-7-5-4-6-8-17)19(22)20-18-11-9-16(10-12-18)13-21(2)3/h4-12,15H,13-14H2,1-3H3,(H,20,22)/t15-/m0/s1. The lowest BCUT2D eigenvalue weighted by molar-refractivity contribution is -0.127. The molecule has 2 rings (SSSR count). The molecular formula is C19H24N2O2. The molecule has 0 aliphatic heterocycles. The van der Waals surface area contributed by atoms with Crippen LogP contribution in [0.5, 0.6) is 0 Å². The third kappa shape index (κ3) is 5.85. The first-order valence-electron chi connectivity index (χ1n) is 7.74. The number of hydrogen-bond donors (Lipinski definition) is 1. The number of hydrogen-bond acceptors (Lipinski definition) is 3. The van der Waals surface area contributed by atoms with E-state index in [4.69, 9.17) is 4.74 Å². The number of amides is 1. The number of anilines is 1. The van der Waals surface area contributed by atoms with Crippen molar-refractivity contribution >= 4 is 11.6 Å². The SMILES string of the molecule is C[C@H](OCc1ccccc1)C(=O)Nc1ccc(CN(C)C)cc1. The summed E-state index contributed by atoms with van der Waals surface area (Å²) in [7, 11) is 4.06. The fourth-order valence-corrected chi connectivity index (χ4v) is 2.17. The number of rotatable bonds is 7. The molecular weight excluding hydrogens is 288 g/mol.